The third-order valence-electron chi connectivity index (χ3n) is 18.2. The van der Waals surface area contributed by atoms with Crippen LogP contribution in [0.3, 0.4) is 0 Å². The Balaban J connectivity index is 0.910. The summed E-state index contributed by atoms with van der Waals surface area (Å²) in [5, 5.41) is -1.86. The first-order chi connectivity index (χ1) is 29.0. The van der Waals surface area contributed by atoms with Crippen molar-refractivity contribution in [2.75, 3.05) is 7.11 Å². The molecule has 350 valence electrons. The Kier molecular flexibility index (Phi) is 16.3. The van der Waals surface area contributed by atoms with Gasteiger partial charge >= 0.3 is 0 Å². The molecular weight excluding hydrogens is 817 g/mol. The number of hydrogen-bond acceptors (Lipinski definition) is 9. The third kappa shape index (κ3) is 11.7. The van der Waals surface area contributed by atoms with Gasteiger partial charge in [0.05, 0.1) is 35.8 Å². The first-order valence-electron chi connectivity index (χ1n) is 24.9. The molecule has 0 heterocycles. The zero-order valence-corrected chi connectivity index (χ0v) is 39.3. The molecule has 11 nitrogen and oxygen atoms in total. The molecule has 7 saturated carbocycles. The van der Waals surface area contributed by atoms with Gasteiger partial charge in [-0.25, -0.2) is 0 Å². The molecule has 0 aromatic heterocycles. The predicted octanol–water partition coefficient (Wildman–Crippen LogP) is 9.74. The molecule has 7 aliphatic rings. The molecule has 0 saturated heterocycles. The second-order valence-corrected chi connectivity index (χ2v) is 25.0. The Hall–Kier alpha value is -0.960. The molecule has 0 aromatic carbocycles. The van der Waals surface area contributed by atoms with Crippen LogP contribution in [-0.4, -0.2) is 85.6 Å². The maximum Gasteiger partial charge on any atom is 0.270 e. The third-order valence-corrected chi connectivity index (χ3v) is 20.7. The van der Waals surface area contributed by atoms with Crippen molar-refractivity contribution >= 4 is 31.8 Å². The lowest BCUT2D eigenvalue weighted by Gasteiger charge is -2.54. The molecule has 61 heavy (non-hydrogen) atoms. The van der Waals surface area contributed by atoms with Crippen molar-refractivity contribution in [1.82, 2.24) is 0 Å². The van der Waals surface area contributed by atoms with E-state index in [0.29, 0.717) is 61.9 Å². The van der Waals surface area contributed by atoms with Crippen LogP contribution in [-0.2, 0) is 44.0 Å². The average Bonchev–Trinajstić information content (AvgIpc) is 3.26. The van der Waals surface area contributed by atoms with Gasteiger partial charge in [0.2, 0.25) is 0 Å². The molecule has 13 heteroatoms. The van der Waals surface area contributed by atoms with Crippen molar-refractivity contribution in [2.45, 2.75) is 228 Å². The molecule has 7 aliphatic carbocycles. The molecule has 2 N–H and O–H groups in total. The van der Waals surface area contributed by atoms with Crippen molar-refractivity contribution in [3.05, 3.63) is 0 Å². The van der Waals surface area contributed by atoms with Gasteiger partial charge in [0.1, 0.15) is 16.8 Å². The standard InChI is InChI=1S/C48H80O11S2/c1-31-7-9-32(10-8-31)47(50)35-13-28-44(45(30-35)61(54,55)56)59-42-26-18-38(19-27-42)48(2,36-14-22-39(57-3)23-15-36)37-16-24-41(25-17-37)58-40-20-11-33(12-21-40)46(49)34-5-4-6-43(29-34)60(51,52)53/h31-45H,4-30H2,1-3H3,(H,51,52,53)(H,54,55,56). The highest BCUT2D eigenvalue weighted by molar-refractivity contribution is 7.86. The smallest absolute Gasteiger partial charge is 0.270 e. The molecule has 7 fully saturated rings. The Labute approximate surface area is 368 Å². The number of ether oxygens (including phenoxy) is 3. The largest absolute Gasteiger partial charge is 0.381 e. The van der Waals surface area contributed by atoms with E-state index in [2.05, 4.69) is 13.8 Å². The van der Waals surface area contributed by atoms with Gasteiger partial charge in [-0.2, -0.15) is 16.8 Å². The summed E-state index contributed by atoms with van der Waals surface area (Å²) in [5.41, 5.74) is 0.173. The number of Topliss-reactive ketones (excluding diaryl/α,β-unsaturated/α-hetero) is 2. The molecule has 0 spiro atoms. The average molecular weight is 897 g/mol. The molecule has 7 rings (SSSR count). The van der Waals surface area contributed by atoms with Crippen molar-refractivity contribution in [1.29, 1.82) is 0 Å². The number of ketones is 2. The molecular formula is C48H80O11S2. The zero-order valence-electron chi connectivity index (χ0n) is 37.6. The van der Waals surface area contributed by atoms with Gasteiger partial charge in [-0.05, 0) is 183 Å². The van der Waals surface area contributed by atoms with E-state index in [9.17, 15) is 35.5 Å². The van der Waals surface area contributed by atoms with E-state index in [1.54, 1.807) is 0 Å². The molecule has 6 unspecified atom stereocenters. The number of carbonyl (C=O) groups excluding carboxylic acids is 2. The van der Waals surface area contributed by atoms with Gasteiger partial charge in [0.15, 0.2) is 0 Å². The highest BCUT2D eigenvalue weighted by atomic mass is 32.2. The van der Waals surface area contributed by atoms with E-state index in [1.807, 2.05) is 7.11 Å². The van der Waals surface area contributed by atoms with Crippen LogP contribution < -0.4 is 0 Å². The van der Waals surface area contributed by atoms with Crippen molar-refractivity contribution < 1.29 is 49.7 Å². The fourth-order valence-corrected chi connectivity index (χ4v) is 16.3. The number of hydrogen-bond donors (Lipinski definition) is 2. The second kappa shape index (κ2) is 20.7. The van der Waals surface area contributed by atoms with E-state index >= 15 is 0 Å². The maximum absolute atomic E-state index is 13.5. The van der Waals surface area contributed by atoms with Crippen LogP contribution in [0.15, 0.2) is 0 Å². The quantitative estimate of drug-likeness (QED) is 0.159. The summed E-state index contributed by atoms with van der Waals surface area (Å²) in [6.07, 6.45) is 23.4. The van der Waals surface area contributed by atoms with Crippen LogP contribution in [0.2, 0.25) is 0 Å². The highest BCUT2D eigenvalue weighted by Crippen LogP contribution is 2.57. The van der Waals surface area contributed by atoms with Crippen LogP contribution in [0.25, 0.3) is 0 Å². The Morgan fingerprint density at radius 1 is 0.492 bits per heavy atom. The van der Waals surface area contributed by atoms with Crippen molar-refractivity contribution in [3.63, 3.8) is 0 Å². The molecule has 0 aliphatic heterocycles. The fourth-order valence-electron chi connectivity index (χ4n) is 14.3. The molecule has 0 bridgehead atoms. The molecule has 0 radical (unpaired) electrons. The summed E-state index contributed by atoms with van der Waals surface area (Å²) in [6.45, 7) is 4.82. The van der Waals surface area contributed by atoms with E-state index in [1.165, 1.54) is 12.8 Å². The minimum Gasteiger partial charge on any atom is -0.381 e. The summed E-state index contributed by atoms with van der Waals surface area (Å²) in [4.78, 5) is 26.9. The van der Waals surface area contributed by atoms with Gasteiger partial charge in [-0.15, -0.1) is 0 Å². The lowest BCUT2D eigenvalue weighted by molar-refractivity contribution is -0.131. The Morgan fingerprint density at radius 2 is 0.918 bits per heavy atom. The van der Waals surface area contributed by atoms with Crippen LogP contribution in [0, 0.1) is 52.8 Å². The topological polar surface area (TPSA) is 171 Å². The van der Waals surface area contributed by atoms with Crippen molar-refractivity contribution in [2.24, 2.45) is 52.8 Å². The van der Waals surface area contributed by atoms with Crippen LogP contribution in [0.4, 0.5) is 0 Å². The van der Waals surface area contributed by atoms with Crippen molar-refractivity contribution in [3.8, 4) is 0 Å². The predicted molar refractivity (Wildman–Crippen MR) is 235 cm³/mol. The summed E-state index contributed by atoms with van der Waals surface area (Å²) in [5.74, 6) is 2.18. The zero-order chi connectivity index (χ0) is 43.5. The van der Waals surface area contributed by atoms with Crippen LogP contribution in [0.5, 0.6) is 0 Å². The Morgan fingerprint density at radius 3 is 1.39 bits per heavy atom. The SMILES string of the molecule is COC1CCC(C(C)(C2CCC(OC3CCC(C(=O)C4CCCC(S(=O)(=O)O)C4)CC3)CC2)C2CCC(OC3CCC(C(=O)C4CCC(C)CC4)CC3S(=O)(=O)O)CC2)CC1. The van der Waals surface area contributed by atoms with Gasteiger partial charge in [-0.3, -0.25) is 18.7 Å². The second-order valence-electron chi connectivity index (χ2n) is 21.6. The normalized spacial score (nSPS) is 42.0. The number of methoxy groups -OCH3 is 1. The van der Waals surface area contributed by atoms with E-state index in [4.69, 9.17) is 14.2 Å². The summed E-state index contributed by atoms with van der Waals surface area (Å²) in [6, 6.07) is 0. The van der Waals surface area contributed by atoms with Crippen LogP contribution in [0.1, 0.15) is 187 Å². The summed E-state index contributed by atoms with van der Waals surface area (Å²) in [7, 11) is -6.64. The minimum atomic E-state index is -4.37. The first kappa shape index (κ1) is 48.0. The lowest BCUT2D eigenvalue weighted by atomic mass is 9.52. The summed E-state index contributed by atoms with van der Waals surface area (Å²) < 4.78 is 88.4. The monoisotopic (exact) mass is 897 g/mol. The van der Waals surface area contributed by atoms with Gasteiger partial charge < -0.3 is 14.2 Å². The van der Waals surface area contributed by atoms with E-state index < -0.39 is 36.8 Å². The van der Waals surface area contributed by atoms with E-state index in [0.717, 1.165) is 116 Å². The maximum atomic E-state index is 13.5. The first-order valence-corrected chi connectivity index (χ1v) is 27.9. The number of rotatable bonds is 14. The molecule has 0 aromatic rings. The molecule has 0 amide bonds. The van der Waals surface area contributed by atoms with Crippen LogP contribution >= 0.6 is 0 Å². The highest BCUT2D eigenvalue weighted by Gasteiger charge is 2.51. The summed E-state index contributed by atoms with van der Waals surface area (Å²) >= 11 is 0. The van der Waals surface area contributed by atoms with Gasteiger partial charge in [0, 0.05) is 30.8 Å². The molecule has 6 atom stereocenters. The van der Waals surface area contributed by atoms with Gasteiger partial charge in [0.25, 0.3) is 20.2 Å². The Bertz CT molecular complexity index is 1660. The lowest BCUT2D eigenvalue weighted by Crippen LogP contribution is -2.48. The number of carbonyl (C=O) groups is 2. The van der Waals surface area contributed by atoms with Gasteiger partial charge in [-0.1, -0.05) is 33.1 Å². The minimum absolute atomic E-state index is 0.0168. The van der Waals surface area contributed by atoms with E-state index in [-0.39, 0.29) is 71.8 Å². The fraction of sp³-hybridized carbons (Fsp3) is 0.958.